The van der Waals surface area contributed by atoms with E-state index in [2.05, 4.69) is 24.2 Å². The summed E-state index contributed by atoms with van der Waals surface area (Å²) in [4.78, 5) is 0. The van der Waals surface area contributed by atoms with Crippen LogP contribution in [0, 0.1) is 29.1 Å². The first-order valence-corrected chi connectivity index (χ1v) is 5.38. The van der Waals surface area contributed by atoms with Crippen molar-refractivity contribution in [2.75, 3.05) is 6.54 Å². The molecule has 0 bridgehead atoms. The molecule has 1 rings (SSSR count). The molecule has 0 amide bonds. The Kier molecular flexibility index (Phi) is 3.39. The van der Waals surface area contributed by atoms with Crippen molar-refractivity contribution in [3.8, 4) is 18.4 Å². The molecular formula is C12H19N2O+. The standard InChI is InChI=1S/C12H18N2O/c1-4-12(15)8-10(2)14-9-11(12,3)6-5-7-13/h1,10,14-15H,5-6,8-9H2,2-3H3/p+1/t10-,11+,12-/m1/s1. The van der Waals surface area contributed by atoms with E-state index in [0.29, 0.717) is 25.3 Å². The van der Waals surface area contributed by atoms with Gasteiger partial charge in [0.2, 0.25) is 0 Å². The van der Waals surface area contributed by atoms with Crippen LogP contribution < -0.4 is 5.32 Å². The van der Waals surface area contributed by atoms with E-state index < -0.39 is 5.60 Å². The van der Waals surface area contributed by atoms with Gasteiger partial charge in [-0.25, -0.2) is 0 Å². The number of nitrogens with zero attached hydrogens (tertiary/aromatic N) is 1. The number of aliphatic hydroxyl groups is 1. The number of hydrogen-bond acceptors (Lipinski definition) is 2. The van der Waals surface area contributed by atoms with Crippen molar-refractivity contribution in [1.82, 2.24) is 0 Å². The first kappa shape index (κ1) is 12.0. The number of piperidine rings is 1. The van der Waals surface area contributed by atoms with Gasteiger partial charge in [0.15, 0.2) is 0 Å². The van der Waals surface area contributed by atoms with E-state index in [9.17, 15) is 5.11 Å². The maximum Gasteiger partial charge on any atom is 0.141 e. The third-order valence-corrected chi connectivity index (χ3v) is 3.61. The predicted octanol–water partition coefficient (Wildman–Crippen LogP) is 0.0164. The van der Waals surface area contributed by atoms with Crippen molar-refractivity contribution in [3.05, 3.63) is 0 Å². The van der Waals surface area contributed by atoms with Crippen LogP contribution in [-0.2, 0) is 0 Å². The molecule has 3 nitrogen and oxygen atoms in total. The van der Waals surface area contributed by atoms with E-state index >= 15 is 0 Å². The van der Waals surface area contributed by atoms with Crippen molar-refractivity contribution in [2.24, 2.45) is 5.41 Å². The SMILES string of the molecule is C#C[C@@]1(O)C[C@@H](C)[NH2+]C[C@]1(C)CCC#N. The highest BCUT2D eigenvalue weighted by Crippen LogP contribution is 2.39. The van der Waals surface area contributed by atoms with Crippen LogP contribution in [0.3, 0.4) is 0 Å². The molecule has 0 aromatic heterocycles. The van der Waals surface area contributed by atoms with Gasteiger partial charge < -0.3 is 10.4 Å². The van der Waals surface area contributed by atoms with Crippen LogP contribution in [0.2, 0.25) is 0 Å². The highest BCUT2D eigenvalue weighted by molar-refractivity contribution is 5.17. The van der Waals surface area contributed by atoms with Gasteiger partial charge in [0.25, 0.3) is 0 Å². The molecule has 3 N–H and O–H groups in total. The summed E-state index contributed by atoms with van der Waals surface area (Å²) < 4.78 is 0. The monoisotopic (exact) mass is 207 g/mol. The molecule has 0 unspecified atom stereocenters. The Morgan fingerprint density at radius 3 is 2.87 bits per heavy atom. The van der Waals surface area contributed by atoms with E-state index in [1.165, 1.54) is 0 Å². The minimum Gasteiger partial charge on any atom is -0.377 e. The average Bonchev–Trinajstić information content (AvgIpc) is 2.22. The van der Waals surface area contributed by atoms with Gasteiger partial charge >= 0.3 is 0 Å². The zero-order valence-electron chi connectivity index (χ0n) is 9.45. The summed E-state index contributed by atoms with van der Waals surface area (Å²) in [7, 11) is 0. The zero-order chi connectivity index (χ0) is 11.5. The van der Waals surface area contributed by atoms with Crippen LogP contribution in [0.15, 0.2) is 0 Å². The first-order valence-electron chi connectivity index (χ1n) is 5.38. The molecule has 1 heterocycles. The van der Waals surface area contributed by atoms with Gasteiger partial charge in [-0.3, -0.25) is 0 Å². The summed E-state index contributed by atoms with van der Waals surface area (Å²) in [6, 6.07) is 2.47. The maximum atomic E-state index is 10.4. The fourth-order valence-corrected chi connectivity index (χ4v) is 2.30. The third-order valence-electron chi connectivity index (χ3n) is 3.61. The largest absolute Gasteiger partial charge is 0.377 e. The lowest BCUT2D eigenvalue weighted by atomic mass is 9.65. The summed E-state index contributed by atoms with van der Waals surface area (Å²) >= 11 is 0. The molecule has 0 aromatic rings. The molecule has 82 valence electrons. The minimum absolute atomic E-state index is 0.343. The van der Waals surface area contributed by atoms with Gasteiger partial charge in [-0.15, -0.1) is 6.42 Å². The zero-order valence-corrected chi connectivity index (χ0v) is 9.45. The number of hydrogen-bond donors (Lipinski definition) is 2. The quantitative estimate of drug-likeness (QED) is 0.627. The summed E-state index contributed by atoms with van der Waals surface area (Å²) in [5, 5.41) is 21.2. The van der Waals surface area contributed by atoms with Crippen LogP contribution in [0.4, 0.5) is 0 Å². The van der Waals surface area contributed by atoms with Gasteiger partial charge in [0.05, 0.1) is 24.1 Å². The van der Waals surface area contributed by atoms with E-state index in [1.807, 2.05) is 6.92 Å². The van der Waals surface area contributed by atoms with Crippen molar-refractivity contribution in [1.29, 1.82) is 5.26 Å². The van der Waals surface area contributed by atoms with E-state index in [-0.39, 0.29) is 5.41 Å². The highest BCUT2D eigenvalue weighted by Gasteiger charge is 2.51. The number of rotatable bonds is 2. The molecule has 0 saturated carbocycles. The second kappa shape index (κ2) is 4.23. The molecule has 0 aliphatic carbocycles. The molecule has 15 heavy (non-hydrogen) atoms. The minimum atomic E-state index is -1.06. The molecule has 1 fully saturated rings. The van der Waals surface area contributed by atoms with E-state index in [4.69, 9.17) is 11.7 Å². The molecule has 3 atom stereocenters. The normalized spacial score (nSPS) is 40.5. The average molecular weight is 207 g/mol. The van der Waals surface area contributed by atoms with Crippen LogP contribution in [0.5, 0.6) is 0 Å². The molecule has 0 aromatic carbocycles. The topological polar surface area (TPSA) is 60.6 Å². The Balaban J connectivity index is 2.87. The van der Waals surface area contributed by atoms with Gasteiger partial charge in [-0.2, -0.15) is 5.26 Å². The first-order chi connectivity index (χ1) is 6.97. The lowest BCUT2D eigenvalue weighted by molar-refractivity contribution is -0.713. The smallest absolute Gasteiger partial charge is 0.141 e. The summed E-state index contributed by atoms with van der Waals surface area (Å²) in [6.45, 7) is 4.83. The second-order valence-electron chi connectivity index (χ2n) is 4.84. The lowest BCUT2D eigenvalue weighted by Crippen LogP contribution is -2.96. The van der Waals surface area contributed by atoms with Gasteiger partial charge in [-0.05, 0) is 13.3 Å². The van der Waals surface area contributed by atoms with E-state index in [1.54, 1.807) is 0 Å². The number of nitriles is 1. The van der Waals surface area contributed by atoms with Crippen LogP contribution in [0.25, 0.3) is 0 Å². The summed E-state index contributed by atoms with van der Waals surface area (Å²) in [5.41, 5.74) is -1.40. The Morgan fingerprint density at radius 1 is 1.67 bits per heavy atom. The number of nitrogens with two attached hydrogens (primary N) is 1. The Morgan fingerprint density at radius 2 is 2.33 bits per heavy atom. The third kappa shape index (κ3) is 2.15. The van der Waals surface area contributed by atoms with Crippen LogP contribution in [-0.4, -0.2) is 23.3 Å². The van der Waals surface area contributed by atoms with Crippen molar-refractivity contribution >= 4 is 0 Å². The molecule has 0 spiro atoms. The highest BCUT2D eigenvalue weighted by atomic mass is 16.3. The molecule has 3 heteroatoms. The molecule has 1 saturated heterocycles. The van der Waals surface area contributed by atoms with Gasteiger partial charge in [0, 0.05) is 12.8 Å². The second-order valence-corrected chi connectivity index (χ2v) is 4.84. The van der Waals surface area contributed by atoms with Crippen molar-refractivity contribution in [2.45, 2.75) is 44.8 Å². The molecule has 1 aliphatic rings. The Hall–Kier alpha value is -1.03. The fraction of sp³-hybridized carbons (Fsp3) is 0.750. The molecular weight excluding hydrogens is 188 g/mol. The summed E-state index contributed by atoms with van der Waals surface area (Å²) in [5.74, 6) is 2.54. The molecule has 1 aliphatic heterocycles. The van der Waals surface area contributed by atoms with E-state index in [0.717, 1.165) is 6.54 Å². The van der Waals surface area contributed by atoms with Gasteiger partial charge in [0.1, 0.15) is 5.60 Å². The Labute approximate surface area is 91.5 Å². The maximum absolute atomic E-state index is 10.4. The van der Waals surface area contributed by atoms with Crippen LogP contribution in [0.1, 0.15) is 33.1 Å². The van der Waals surface area contributed by atoms with Crippen molar-refractivity contribution in [3.63, 3.8) is 0 Å². The predicted molar refractivity (Wildman–Crippen MR) is 57.6 cm³/mol. The lowest BCUT2D eigenvalue weighted by Gasteiger charge is -2.45. The summed E-state index contributed by atoms with van der Waals surface area (Å²) in [6.07, 6.45) is 7.16. The number of quaternary nitrogens is 1. The Bertz CT molecular complexity index is 315. The van der Waals surface area contributed by atoms with Crippen molar-refractivity contribution < 1.29 is 10.4 Å². The molecule has 0 radical (unpaired) electrons. The van der Waals surface area contributed by atoms with Crippen LogP contribution >= 0.6 is 0 Å². The number of terminal acetylenes is 1. The van der Waals surface area contributed by atoms with Gasteiger partial charge in [-0.1, -0.05) is 12.8 Å². The fourth-order valence-electron chi connectivity index (χ4n) is 2.30.